The summed E-state index contributed by atoms with van der Waals surface area (Å²) < 4.78 is 15.6. The lowest BCUT2D eigenvalue weighted by atomic mass is 10.1. The zero-order valence-corrected chi connectivity index (χ0v) is 17.3. The Hall–Kier alpha value is -3.10. The molecular formula is C20H15Cl2NO7. The molecule has 1 aliphatic rings. The zero-order valence-electron chi connectivity index (χ0n) is 15.8. The Labute approximate surface area is 181 Å². The van der Waals surface area contributed by atoms with E-state index in [1.165, 1.54) is 32.0 Å². The molecule has 1 saturated heterocycles. The molecule has 1 heterocycles. The summed E-state index contributed by atoms with van der Waals surface area (Å²) in [5.74, 6) is -3.12. The van der Waals surface area contributed by atoms with Gasteiger partial charge in [0.25, 0.3) is 5.79 Å². The van der Waals surface area contributed by atoms with Crippen LogP contribution >= 0.6 is 23.2 Å². The van der Waals surface area contributed by atoms with Crippen LogP contribution < -0.4 is 4.74 Å². The number of nitro groups is 1. The Morgan fingerprint density at radius 3 is 2.33 bits per heavy atom. The van der Waals surface area contributed by atoms with Crippen molar-refractivity contribution in [2.24, 2.45) is 0 Å². The summed E-state index contributed by atoms with van der Waals surface area (Å²) in [5, 5.41) is 12.2. The quantitative estimate of drug-likeness (QED) is 0.213. The average molecular weight is 452 g/mol. The molecule has 0 bridgehead atoms. The van der Waals surface area contributed by atoms with Crippen molar-refractivity contribution in [1.29, 1.82) is 0 Å². The van der Waals surface area contributed by atoms with Crippen molar-refractivity contribution in [3.05, 3.63) is 73.3 Å². The van der Waals surface area contributed by atoms with E-state index in [1.807, 2.05) is 0 Å². The molecule has 1 aliphatic heterocycles. The van der Waals surface area contributed by atoms with Crippen LogP contribution in [-0.4, -0.2) is 22.6 Å². The molecule has 8 nitrogen and oxygen atoms in total. The SMILES string of the molecule is CC1(C)OC(=O)C(=Cc2ccc(OCc3ccc(Cl)c(Cl)c3)c([N+](=O)[O-])c2)C(=O)O1. The summed E-state index contributed by atoms with van der Waals surface area (Å²) in [6.45, 7) is 2.86. The number of benzene rings is 2. The van der Waals surface area contributed by atoms with Crippen LogP contribution in [0.3, 0.4) is 0 Å². The molecular weight excluding hydrogens is 437 g/mol. The van der Waals surface area contributed by atoms with E-state index < -0.39 is 22.6 Å². The third-order valence-electron chi connectivity index (χ3n) is 3.99. The van der Waals surface area contributed by atoms with Gasteiger partial charge >= 0.3 is 17.6 Å². The molecule has 3 rings (SSSR count). The first kappa shape index (κ1) is 21.6. The van der Waals surface area contributed by atoms with Crippen molar-refractivity contribution in [1.82, 2.24) is 0 Å². The summed E-state index contributed by atoms with van der Waals surface area (Å²) >= 11 is 11.8. The van der Waals surface area contributed by atoms with Gasteiger partial charge < -0.3 is 14.2 Å². The van der Waals surface area contributed by atoms with Crippen molar-refractivity contribution in [3.8, 4) is 5.75 Å². The monoisotopic (exact) mass is 451 g/mol. The molecule has 2 aromatic carbocycles. The van der Waals surface area contributed by atoms with Crippen molar-refractivity contribution in [2.45, 2.75) is 26.2 Å². The van der Waals surface area contributed by atoms with E-state index >= 15 is 0 Å². The second-order valence-corrected chi connectivity index (χ2v) is 7.57. The Bertz CT molecular complexity index is 1060. The van der Waals surface area contributed by atoms with Crippen molar-refractivity contribution in [2.75, 3.05) is 0 Å². The summed E-state index contributed by atoms with van der Waals surface area (Å²) in [5.41, 5.74) is 0.183. The van der Waals surface area contributed by atoms with E-state index in [1.54, 1.807) is 18.2 Å². The van der Waals surface area contributed by atoms with Crippen LogP contribution in [0.4, 0.5) is 5.69 Å². The first-order valence-electron chi connectivity index (χ1n) is 8.59. The number of hydrogen-bond donors (Lipinski definition) is 0. The number of rotatable bonds is 5. The van der Waals surface area contributed by atoms with E-state index in [2.05, 4.69) is 0 Å². The molecule has 30 heavy (non-hydrogen) atoms. The highest BCUT2D eigenvalue weighted by atomic mass is 35.5. The van der Waals surface area contributed by atoms with Gasteiger partial charge in [-0.25, -0.2) is 9.59 Å². The van der Waals surface area contributed by atoms with Crippen LogP contribution in [0, 0.1) is 10.1 Å². The number of carbonyl (C=O) groups is 2. The standard InChI is InChI=1S/C20H15Cl2NO7/c1-20(2)29-18(24)13(19(25)30-20)7-11-4-6-17(16(9-11)23(26)27)28-10-12-3-5-14(21)15(22)8-12/h3-9H,10H2,1-2H3. The van der Waals surface area contributed by atoms with E-state index in [0.717, 1.165) is 6.08 Å². The molecule has 0 N–H and O–H groups in total. The number of cyclic esters (lactones) is 2. The molecule has 0 unspecified atom stereocenters. The molecule has 0 saturated carbocycles. The third-order valence-corrected chi connectivity index (χ3v) is 4.72. The molecule has 0 atom stereocenters. The summed E-state index contributed by atoms with van der Waals surface area (Å²) in [4.78, 5) is 34.9. The maximum absolute atomic E-state index is 12.1. The van der Waals surface area contributed by atoms with Crippen LogP contribution in [0.25, 0.3) is 6.08 Å². The summed E-state index contributed by atoms with van der Waals surface area (Å²) in [7, 11) is 0. The van der Waals surface area contributed by atoms with Crippen LogP contribution in [0.15, 0.2) is 42.0 Å². The Morgan fingerprint density at radius 1 is 1.07 bits per heavy atom. The van der Waals surface area contributed by atoms with E-state index in [9.17, 15) is 19.7 Å². The van der Waals surface area contributed by atoms with E-state index in [0.29, 0.717) is 15.6 Å². The second-order valence-electron chi connectivity index (χ2n) is 6.76. The first-order chi connectivity index (χ1) is 14.1. The van der Waals surface area contributed by atoms with Crippen LogP contribution in [0.2, 0.25) is 10.0 Å². The number of ether oxygens (including phenoxy) is 3. The molecule has 0 aromatic heterocycles. The molecule has 0 amide bonds. The minimum absolute atomic E-state index is 0.00292. The molecule has 0 spiro atoms. The molecule has 2 aromatic rings. The Kier molecular flexibility index (Phi) is 6.00. The van der Waals surface area contributed by atoms with Crippen LogP contribution in [0.1, 0.15) is 25.0 Å². The van der Waals surface area contributed by atoms with Crippen LogP contribution in [-0.2, 0) is 25.7 Å². The van der Waals surface area contributed by atoms with Gasteiger partial charge in [0, 0.05) is 19.9 Å². The fourth-order valence-corrected chi connectivity index (χ4v) is 2.95. The summed E-state index contributed by atoms with van der Waals surface area (Å²) in [6.07, 6.45) is 1.16. The maximum atomic E-state index is 12.1. The molecule has 0 radical (unpaired) electrons. The first-order valence-corrected chi connectivity index (χ1v) is 9.35. The third kappa shape index (κ3) is 4.90. The lowest BCUT2D eigenvalue weighted by Gasteiger charge is -2.29. The van der Waals surface area contributed by atoms with Gasteiger partial charge in [-0.15, -0.1) is 0 Å². The highest BCUT2D eigenvalue weighted by Gasteiger charge is 2.38. The van der Waals surface area contributed by atoms with Gasteiger partial charge in [0.05, 0.1) is 15.0 Å². The van der Waals surface area contributed by atoms with Crippen molar-refractivity contribution >= 4 is 46.9 Å². The highest BCUT2D eigenvalue weighted by Crippen LogP contribution is 2.31. The molecule has 10 heteroatoms. The predicted molar refractivity (Wildman–Crippen MR) is 108 cm³/mol. The topological polar surface area (TPSA) is 105 Å². The van der Waals surface area contributed by atoms with Gasteiger partial charge in [0.15, 0.2) is 5.75 Å². The maximum Gasteiger partial charge on any atom is 0.348 e. The number of esters is 2. The number of carbonyl (C=O) groups excluding carboxylic acids is 2. The fourth-order valence-electron chi connectivity index (χ4n) is 2.62. The van der Waals surface area contributed by atoms with Crippen molar-refractivity contribution in [3.63, 3.8) is 0 Å². The van der Waals surface area contributed by atoms with Gasteiger partial charge in [-0.1, -0.05) is 35.3 Å². The lowest BCUT2D eigenvalue weighted by molar-refractivity contribution is -0.386. The number of halogens is 2. The fraction of sp³-hybridized carbons (Fsp3) is 0.200. The van der Waals surface area contributed by atoms with Crippen molar-refractivity contribution < 1.29 is 28.7 Å². The lowest BCUT2D eigenvalue weighted by Crippen LogP contribution is -2.41. The average Bonchev–Trinajstić information content (AvgIpc) is 2.65. The number of nitrogens with zero attached hydrogens (tertiary/aromatic N) is 1. The number of hydrogen-bond acceptors (Lipinski definition) is 7. The van der Waals surface area contributed by atoms with Gasteiger partial charge in [-0.05, 0) is 35.4 Å². The summed E-state index contributed by atoms with van der Waals surface area (Å²) in [6, 6.07) is 8.88. The highest BCUT2D eigenvalue weighted by molar-refractivity contribution is 6.42. The number of nitro benzene ring substituents is 1. The molecule has 0 aliphatic carbocycles. The minimum Gasteiger partial charge on any atom is -0.482 e. The molecule has 156 valence electrons. The Balaban J connectivity index is 1.85. The zero-order chi connectivity index (χ0) is 22.1. The van der Waals surface area contributed by atoms with E-state index in [-0.39, 0.29) is 29.2 Å². The Morgan fingerprint density at radius 2 is 1.73 bits per heavy atom. The predicted octanol–water partition coefficient (Wildman–Crippen LogP) is 4.70. The second kappa shape index (κ2) is 8.33. The minimum atomic E-state index is -1.38. The van der Waals surface area contributed by atoms with E-state index in [4.69, 9.17) is 37.4 Å². The smallest absolute Gasteiger partial charge is 0.348 e. The van der Waals surface area contributed by atoms with Gasteiger partial charge in [-0.2, -0.15) is 0 Å². The largest absolute Gasteiger partial charge is 0.482 e. The van der Waals surface area contributed by atoms with Crippen LogP contribution in [0.5, 0.6) is 5.75 Å². The molecule has 1 fully saturated rings. The van der Waals surface area contributed by atoms with Gasteiger partial charge in [-0.3, -0.25) is 10.1 Å². The normalized spacial score (nSPS) is 15.3. The van der Waals surface area contributed by atoms with Gasteiger partial charge in [0.1, 0.15) is 12.2 Å². The van der Waals surface area contributed by atoms with Gasteiger partial charge in [0.2, 0.25) is 0 Å².